The summed E-state index contributed by atoms with van der Waals surface area (Å²) in [6.45, 7) is 2.35. The third-order valence-corrected chi connectivity index (χ3v) is 2.83. The van der Waals surface area contributed by atoms with Crippen molar-refractivity contribution in [3.05, 3.63) is 0 Å². The standard InChI is InChI=1S/C10H20N2OS/c11-5-2-1-3-6-12-7-10-14-9-4-8-13/h12-13H,1-4,6-10H2. The van der Waals surface area contributed by atoms with Crippen LogP contribution in [-0.4, -0.2) is 36.3 Å². The quantitative estimate of drug-likeness (QED) is 0.542. The monoisotopic (exact) mass is 216 g/mol. The fourth-order valence-corrected chi connectivity index (χ4v) is 1.82. The van der Waals surface area contributed by atoms with Gasteiger partial charge in [0.25, 0.3) is 0 Å². The van der Waals surface area contributed by atoms with Crippen LogP contribution in [0.15, 0.2) is 0 Å². The molecule has 0 aromatic rings. The van der Waals surface area contributed by atoms with E-state index in [0.717, 1.165) is 43.9 Å². The minimum Gasteiger partial charge on any atom is -0.396 e. The van der Waals surface area contributed by atoms with Gasteiger partial charge in [0.15, 0.2) is 0 Å². The molecule has 0 saturated heterocycles. The van der Waals surface area contributed by atoms with Crippen molar-refractivity contribution in [1.82, 2.24) is 5.32 Å². The Hall–Kier alpha value is -0.240. The topological polar surface area (TPSA) is 56.0 Å². The van der Waals surface area contributed by atoms with Gasteiger partial charge < -0.3 is 10.4 Å². The first-order valence-electron chi connectivity index (χ1n) is 5.18. The SMILES string of the molecule is N#CCCCCNCCSCCCO. The summed E-state index contributed by atoms with van der Waals surface area (Å²) in [5.74, 6) is 2.16. The molecule has 0 radical (unpaired) electrons. The van der Waals surface area contributed by atoms with Gasteiger partial charge in [-0.15, -0.1) is 0 Å². The van der Waals surface area contributed by atoms with Gasteiger partial charge in [0.1, 0.15) is 0 Å². The second-order valence-electron chi connectivity index (χ2n) is 3.05. The molecule has 2 N–H and O–H groups in total. The molecule has 0 fully saturated rings. The summed E-state index contributed by atoms with van der Waals surface area (Å²) in [6.07, 6.45) is 3.66. The summed E-state index contributed by atoms with van der Waals surface area (Å²) >= 11 is 1.87. The number of aliphatic hydroxyl groups excluding tert-OH is 1. The molecule has 82 valence electrons. The van der Waals surface area contributed by atoms with Crippen molar-refractivity contribution < 1.29 is 5.11 Å². The molecule has 0 atom stereocenters. The van der Waals surface area contributed by atoms with E-state index < -0.39 is 0 Å². The molecule has 0 heterocycles. The average Bonchev–Trinajstić information content (AvgIpc) is 2.21. The van der Waals surface area contributed by atoms with Crippen LogP contribution in [0.5, 0.6) is 0 Å². The second-order valence-corrected chi connectivity index (χ2v) is 4.28. The van der Waals surface area contributed by atoms with Gasteiger partial charge in [-0.2, -0.15) is 17.0 Å². The molecule has 0 unspecified atom stereocenters. The van der Waals surface area contributed by atoms with Crippen molar-refractivity contribution in [2.45, 2.75) is 25.7 Å². The molecule has 4 heteroatoms. The van der Waals surface area contributed by atoms with Gasteiger partial charge in [-0.3, -0.25) is 0 Å². The Morgan fingerprint density at radius 3 is 2.71 bits per heavy atom. The molecule has 3 nitrogen and oxygen atoms in total. The fourth-order valence-electron chi connectivity index (χ4n) is 0.992. The summed E-state index contributed by atoms with van der Waals surface area (Å²) in [7, 11) is 0. The third kappa shape index (κ3) is 11.8. The molecule has 0 bridgehead atoms. The molecule has 0 saturated carbocycles. The van der Waals surface area contributed by atoms with Crippen LogP contribution < -0.4 is 5.32 Å². The van der Waals surface area contributed by atoms with Crippen LogP contribution in [0.25, 0.3) is 0 Å². The number of hydrogen-bond acceptors (Lipinski definition) is 4. The molecule has 0 rings (SSSR count). The van der Waals surface area contributed by atoms with E-state index in [1.165, 1.54) is 0 Å². The van der Waals surface area contributed by atoms with E-state index in [-0.39, 0.29) is 0 Å². The maximum atomic E-state index is 8.53. The first-order chi connectivity index (χ1) is 6.91. The van der Waals surface area contributed by atoms with E-state index in [2.05, 4.69) is 11.4 Å². The zero-order chi connectivity index (χ0) is 10.5. The van der Waals surface area contributed by atoms with E-state index in [1.54, 1.807) is 0 Å². The molecule has 0 aromatic carbocycles. The van der Waals surface area contributed by atoms with E-state index in [1.807, 2.05) is 11.8 Å². The van der Waals surface area contributed by atoms with Crippen LogP contribution in [-0.2, 0) is 0 Å². The molecular formula is C10H20N2OS. The molecule has 0 aliphatic heterocycles. The number of nitriles is 1. The van der Waals surface area contributed by atoms with Gasteiger partial charge in [-0.25, -0.2) is 0 Å². The Balaban J connectivity index is 2.82. The van der Waals surface area contributed by atoms with Crippen molar-refractivity contribution >= 4 is 11.8 Å². The predicted octanol–water partition coefficient (Wildman–Crippen LogP) is 1.39. The van der Waals surface area contributed by atoms with Crippen LogP contribution in [0.4, 0.5) is 0 Å². The normalized spacial score (nSPS) is 10.0. The lowest BCUT2D eigenvalue weighted by Gasteiger charge is -2.03. The van der Waals surface area contributed by atoms with Gasteiger partial charge in [-0.1, -0.05) is 0 Å². The summed E-state index contributed by atoms with van der Waals surface area (Å²) in [6, 6.07) is 2.14. The Bertz CT molecular complexity index is 148. The molecule has 0 amide bonds. The molecular weight excluding hydrogens is 196 g/mol. The van der Waals surface area contributed by atoms with Crippen molar-refractivity contribution in [3.8, 4) is 6.07 Å². The molecule has 0 aromatic heterocycles. The van der Waals surface area contributed by atoms with Gasteiger partial charge in [0, 0.05) is 25.3 Å². The maximum absolute atomic E-state index is 8.53. The van der Waals surface area contributed by atoms with E-state index in [4.69, 9.17) is 10.4 Å². The predicted molar refractivity (Wildman–Crippen MR) is 61.4 cm³/mol. The summed E-state index contributed by atoms with van der Waals surface area (Å²) in [5.41, 5.74) is 0. The Morgan fingerprint density at radius 2 is 2.00 bits per heavy atom. The van der Waals surface area contributed by atoms with Gasteiger partial charge in [0.2, 0.25) is 0 Å². The Morgan fingerprint density at radius 1 is 1.14 bits per heavy atom. The highest BCUT2D eigenvalue weighted by Crippen LogP contribution is 2.00. The Labute approximate surface area is 90.9 Å². The molecule has 0 aliphatic carbocycles. The highest BCUT2D eigenvalue weighted by Gasteiger charge is 1.90. The fraction of sp³-hybridized carbons (Fsp3) is 0.900. The summed E-state index contributed by atoms with van der Waals surface area (Å²) < 4.78 is 0. The minimum absolute atomic E-state index is 0.300. The van der Waals surface area contributed by atoms with E-state index >= 15 is 0 Å². The second kappa shape index (κ2) is 12.8. The highest BCUT2D eigenvalue weighted by molar-refractivity contribution is 7.99. The molecule has 14 heavy (non-hydrogen) atoms. The number of nitrogens with zero attached hydrogens (tertiary/aromatic N) is 1. The minimum atomic E-state index is 0.300. The highest BCUT2D eigenvalue weighted by atomic mass is 32.2. The van der Waals surface area contributed by atoms with E-state index in [9.17, 15) is 0 Å². The van der Waals surface area contributed by atoms with Crippen molar-refractivity contribution in [1.29, 1.82) is 5.26 Å². The largest absolute Gasteiger partial charge is 0.396 e. The Kier molecular flexibility index (Phi) is 12.5. The molecule has 0 aliphatic rings. The van der Waals surface area contributed by atoms with Crippen molar-refractivity contribution in [2.24, 2.45) is 0 Å². The van der Waals surface area contributed by atoms with Crippen molar-refractivity contribution in [2.75, 3.05) is 31.2 Å². The number of hydrogen-bond donors (Lipinski definition) is 2. The van der Waals surface area contributed by atoms with Gasteiger partial charge in [-0.05, 0) is 31.6 Å². The lowest BCUT2D eigenvalue weighted by molar-refractivity contribution is 0.296. The molecule has 0 spiro atoms. The zero-order valence-corrected chi connectivity index (χ0v) is 9.48. The average molecular weight is 216 g/mol. The summed E-state index contributed by atoms with van der Waals surface area (Å²) in [5, 5.41) is 20.2. The lowest BCUT2D eigenvalue weighted by Crippen LogP contribution is -2.18. The third-order valence-electron chi connectivity index (χ3n) is 1.76. The van der Waals surface area contributed by atoms with Gasteiger partial charge in [0.05, 0.1) is 6.07 Å². The van der Waals surface area contributed by atoms with Gasteiger partial charge >= 0.3 is 0 Å². The van der Waals surface area contributed by atoms with Crippen LogP contribution in [0.3, 0.4) is 0 Å². The number of unbranched alkanes of at least 4 members (excludes halogenated alkanes) is 2. The van der Waals surface area contributed by atoms with Crippen LogP contribution >= 0.6 is 11.8 Å². The first-order valence-corrected chi connectivity index (χ1v) is 6.33. The first kappa shape index (κ1) is 13.8. The van der Waals surface area contributed by atoms with Crippen LogP contribution in [0.1, 0.15) is 25.7 Å². The number of thioether (sulfide) groups is 1. The lowest BCUT2D eigenvalue weighted by atomic mass is 10.2. The maximum Gasteiger partial charge on any atom is 0.0621 e. The van der Waals surface area contributed by atoms with Crippen LogP contribution in [0.2, 0.25) is 0 Å². The van der Waals surface area contributed by atoms with Crippen molar-refractivity contribution in [3.63, 3.8) is 0 Å². The smallest absolute Gasteiger partial charge is 0.0621 e. The van der Waals surface area contributed by atoms with E-state index in [0.29, 0.717) is 13.0 Å². The van der Waals surface area contributed by atoms with Crippen LogP contribution in [0, 0.1) is 11.3 Å². The number of aliphatic hydroxyl groups is 1. The number of nitrogens with one attached hydrogen (secondary N) is 1. The number of rotatable bonds is 10. The zero-order valence-electron chi connectivity index (χ0n) is 8.67. The summed E-state index contributed by atoms with van der Waals surface area (Å²) in [4.78, 5) is 0.